The third kappa shape index (κ3) is 3.29. The van der Waals surface area contributed by atoms with E-state index in [9.17, 15) is 0 Å². The molecule has 12 heavy (non-hydrogen) atoms. The first-order valence-corrected chi connectivity index (χ1v) is 4.89. The molecule has 1 atom stereocenters. The van der Waals surface area contributed by atoms with Crippen LogP contribution in [0.25, 0.3) is 0 Å². The molecule has 0 aromatic heterocycles. The van der Waals surface area contributed by atoms with E-state index in [0.29, 0.717) is 11.3 Å². The van der Waals surface area contributed by atoms with E-state index in [0.717, 1.165) is 18.5 Å². The van der Waals surface area contributed by atoms with E-state index in [1.165, 1.54) is 0 Å². The Kier molecular flexibility index (Phi) is 4.36. The lowest BCUT2D eigenvalue weighted by molar-refractivity contribution is 0.269. The summed E-state index contributed by atoms with van der Waals surface area (Å²) in [5.74, 6) is 0.525. The van der Waals surface area contributed by atoms with Crippen LogP contribution in [-0.2, 0) is 0 Å². The fourth-order valence-electron chi connectivity index (χ4n) is 1.73. The first kappa shape index (κ1) is 11.5. The van der Waals surface area contributed by atoms with E-state index in [4.69, 9.17) is 5.73 Å². The van der Waals surface area contributed by atoms with Gasteiger partial charge in [-0.3, -0.25) is 0 Å². The summed E-state index contributed by atoms with van der Waals surface area (Å²) in [6.45, 7) is 11.1. The number of hydrogen-bond donors (Lipinski definition) is 1. The minimum atomic E-state index is 0.296. The third-order valence-corrected chi connectivity index (χ3v) is 2.30. The maximum atomic E-state index is 5.99. The van der Waals surface area contributed by atoms with Crippen LogP contribution in [0.2, 0.25) is 0 Å². The maximum absolute atomic E-state index is 5.99. The van der Waals surface area contributed by atoms with Crippen LogP contribution >= 0.6 is 0 Å². The Morgan fingerprint density at radius 3 is 2.08 bits per heavy atom. The molecular weight excluding hydrogens is 146 g/mol. The van der Waals surface area contributed by atoms with Crippen molar-refractivity contribution in [3.8, 4) is 0 Å². The summed E-state index contributed by atoms with van der Waals surface area (Å²) < 4.78 is 0. The summed E-state index contributed by atoms with van der Waals surface area (Å²) >= 11 is 0. The molecule has 72 valence electrons. The lowest BCUT2D eigenvalue weighted by Crippen LogP contribution is -2.25. The van der Waals surface area contributed by atoms with Gasteiger partial charge in [0.15, 0.2) is 0 Å². The van der Waals surface area contributed by atoms with Gasteiger partial charge in [-0.05, 0) is 18.3 Å². The van der Waals surface area contributed by atoms with Gasteiger partial charge in [-0.1, -0.05) is 40.7 Å². The fourth-order valence-corrected chi connectivity index (χ4v) is 1.73. The molecule has 0 aliphatic heterocycles. The second-order valence-electron chi connectivity index (χ2n) is 4.44. The van der Waals surface area contributed by atoms with E-state index in [1.54, 1.807) is 0 Å². The maximum Gasteiger partial charge on any atom is 0.00765 e. The lowest BCUT2D eigenvalue weighted by atomic mass is 9.77. The van der Waals surface area contributed by atoms with Gasteiger partial charge < -0.3 is 5.73 Å². The van der Waals surface area contributed by atoms with Crippen LogP contribution in [-0.4, -0.2) is 0 Å². The van der Waals surface area contributed by atoms with Gasteiger partial charge in [-0.2, -0.15) is 0 Å². The molecule has 0 saturated heterocycles. The molecule has 0 amide bonds. The van der Waals surface area contributed by atoms with E-state index >= 15 is 0 Å². The molecular formula is C11H23N. The molecule has 0 spiro atoms. The zero-order valence-electron chi connectivity index (χ0n) is 9.15. The highest BCUT2D eigenvalue weighted by atomic mass is 14.6. The Labute approximate surface area is 77.0 Å². The third-order valence-electron chi connectivity index (χ3n) is 2.30. The van der Waals surface area contributed by atoms with Crippen LogP contribution in [0.5, 0.6) is 0 Å². The molecule has 0 fully saturated rings. The van der Waals surface area contributed by atoms with Crippen LogP contribution in [0.1, 0.15) is 47.5 Å². The molecule has 0 aromatic carbocycles. The minimum Gasteiger partial charge on any atom is -0.402 e. The molecule has 0 aliphatic carbocycles. The van der Waals surface area contributed by atoms with Crippen LogP contribution in [0.15, 0.2) is 11.8 Å². The molecule has 1 unspecified atom stereocenters. The molecule has 1 heteroatoms. The van der Waals surface area contributed by atoms with Crippen LogP contribution in [0.3, 0.4) is 0 Å². The number of hydrogen-bond acceptors (Lipinski definition) is 1. The lowest BCUT2D eigenvalue weighted by Gasteiger charge is -2.30. The van der Waals surface area contributed by atoms with Crippen LogP contribution < -0.4 is 5.73 Å². The molecule has 0 aliphatic rings. The molecule has 0 radical (unpaired) electrons. The predicted molar refractivity (Wildman–Crippen MR) is 55.8 cm³/mol. The van der Waals surface area contributed by atoms with Gasteiger partial charge in [0.05, 0.1) is 0 Å². The van der Waals surface area contributed by atoms with Gasteiger partial charge in [-0.15, -0.1) is 0 Å². The topological polar surface area (TPSA) is 26.0 Å². The Hall–Kier alpha value is -0.460. The van der Waals surface area contributed by atoms with Gasteiger partial charge >= 0.3 is 0 Å². The van der Waals surface area contributed by atoms with E-state index < -0.39 is 0 Å². The highest BCUT2D eigenvalue weighted by Crippen LogP contribution is 2.32. The predicted octanol–water partition coefficient (Wildman–Crippen LogP) is 3.31. The summed E-state index contributed by atoms with van der Waals surface area (Å²) in [6.07, 6.45) is 4.31. The Morgan fingerprint density at radius 1 is 1.33 bits per heavy atom. The molecule has 0 bridgehead atoms. The molecule has 1 nitrogen and oxygen atoms in total. The standard InChI is InChI=1S/C11H23N/c1-6-8-10(12)9(7-2)11(3,4)5/h8-9H,6-7,12H2,1-5H3/b10-8+. The first-order chi connectivity index (χ1) is 5.43. The molecule has 0 rings (SSSR count). The van der Waals surface area contributed by atoms with E-state index in [2.05, 4.69) is 40.7 Å². The van der Waals surface area contributed by atoms with Gasteiger partial charge in [-0.25, -0.2) is 0 Å². The highest BCUT2D eigenvalue weighted by molar-refractivity contribution is 5.05. The van der Waals surface area contributed by atoms with E-state index in [-0.39, 0.29) is 0 Å². The average Bonchev–Trinajstić information content (AvgIpc) is 1.85. The largest absolute Gasteiger partial charge is 0.402 e. The SMILES string of the molecule is CC/C=C(/N)C(CC)C(C)(C)C. The summed E-state index contributed by atoms with van der Waals surface area (Å²) in [7, 11) is 0. The summed E-state index contributed by atoms with van der Waals surface area (Å²) in [4.78, 5) is 0. The zero-order valence-corrected chi connectivity index (χ0v) is 9.15. The van der Waals surface area contributed by atoms with Gasteiger partial charge in [0.1, 0.15) is 0 Å². The summed E-state index contributed by atoms with van der Waals surface area (Å²) in [6, 6.07) is 0. The van der Waals surface area contributed by atoms with Crippen molar-refractivity contribution in [2.24, 2.45) is 17.1 Å². The minimum absolute atomic E-state index is 0.296. The van der Waals surface area contributed by atoms with Gasteiger partial charge in [0.2, 0.25) is 0 Å². The second-order valence-corrected chi connectivity index (χ2v) is 4.44. The monoisotopic (exact) mass is 169 g/mol. The van der Waals surface area contributed by atoms with Crippen molar-refractivity contribution in [3.63, 3.8) is 0 Å². The average molecular weight is 169 g/mol. The van der Waals surface area contributed by atoms with Gasteiger partial charge in [0.25, 0.3) is 0 Å². The second kappa shape index (κ2) is 4.54. The number of nitrogens with two attached hydrogens (primary N) is 1. The van der Waals surface area contributed by atoms with Crippen molar-refractivity contribution in [1.82, 2.24) is 0 Å². The van der Waals surface area contributed by atoms with E-state index in [1.807, 2.05) is 0 Å². The van der Waals surface area contributed by atoms with Crippen molar-refractivity contribution in [1.29, 1.82) is 0 Å². The van der Waals surface area contributed by atoms with Crippen molar-refractivity contribution < 1.29 is 0 Å². The summed E-state index contributed by atoms with van der Waals surface area (Å²) in [5.41, 5.74) is 7.34. The molecule has 0 aromatic rings. The van der Waals surface area contributed by atoms with Crippen molar-refractivity contribution >= 4 is 0 Å². The molecule has 2 N–H and O–H groups in total. The van der Waals surface area contributed by atoms with Crippen molar-refractivity contribution in [2.45, 2.75) is 47.5 Å². The summed E-state index contributed by atoms with van der Waals surface area (Å²) in [5, 5.41) is 0. The number of rotatable bonds is 3. The Bertz CT molecular complexity index is 151. The molecule has 0 heterocycles. The van der Waals surface area contributed by atoms with Gasteiger partial charge in [0, 0.05) is 11.6 Å². The first-order valence-electron chi connectivity index (χ1n) is 4.89. The Morgan fingerprint density at radius 2 is 1.83 bits per heavy atom. The molecule has 0 saturated carbocycles. The number of allylic oxidation sites excluding steroid dienone is 2. The van der Waals surface area contributed by atoms with Crippen LogP contribution in [0, 0.1) is 11.3 Å². The fraction of sp³-hybridized carbons (Fsp3) is 0.818. The Balaban J connectivity index is 4.46. The van der Waals surface area contributed by atoms with Crippen molar-refractivity contribution in [2.75, 3.05) is 0 Å². The highest BCUT2D eigenvalue weighted by Gasteiger charge is 2.24. The normalized spacial score (nSPS) is 16.2. The van der Waals surface area contributed by atoms with Crippen molar-refractivity contribution in [3.05, 3.63) is 11.8 Å². The quantitative estimate of drug-likeness (QED) is 0.689. The zero-order chi connectivity index (χ0) is 9.78. The smallest absolute Gasteiger partial charge is 0.00765 e. The van der Waals surface area contributed by atoms with Crippen LogP contribution in [0.4, 0.5) is 0 Å².